The minimum absolute atomic E-state index is 0.177. The number of para-hydroxylation sites is 2. The second-order valence-corrected chi connectivity index (χ2v) is 6.71. The fourth-order valence-electron chi connectivity index (χ4n) is 3.00. The van der Waals surface area contributed by atoms with Crippen molar-refractivity contribution in [3.05, 3.63) is 70.4 Å². The summed E-state index contributed by atoms with van der Waals surface area (Å²) in [5.41, 5.74) is 7.57. The van der Waals surface area contributed by atoms with Gasteiger partial charge >= 0.3 is 6.01 Å². The number of anilines is 2. The normalized spacial score (nSPS) is 11.1. The molecule has 0 saturated carbocycles. The first-order chi connectivity index (χ1) is 14.6. The van der Waals surface area contributed by atoms with Gasteiger partial charge in [-0.25, -0.2) is 9.37 Å². The smallest absolute Gasteiger partial charge is 0.302 e. The zero-order chi connectivity index (χ0) is 20.9. The molecule has 0 aliphatic rings. The largest absolute Gasteiger partial charge is 0.423 e. The van der Waals surface area contributed by atoms with E-state index >= 15 is 0 Å². The van der Waals surface area contributed by atoms with Gasteiger partial charge in [-0.05, 0) is 43.3 Å². The van der Waals surface area contributed by atoms with Gasteiger partial charge in [0, 0.05) is 18.3 Å². The number of rotatable bonds is 8. The van der Waals surface area contributed by atoms with E-state index in [0.29, 0.717) is 35.3 Å². The lowest BCUT2D eigenvalue weighted by atomic mass is 10.1. The molecule has 0 fully saturated rings. The van der Waals surface area contributed by atoms with Gasteiger partial charge in [-0.1, -0.05) is 24.3 Å². The van der Waals surface area contributed by atoms with Crippen molar-refractivity contribution in [2.75, 3.05) is 18.4 Å². The summed E-state index contributed by atoms with van der Waals surface area (Å²) in [5, 5.41) is 5.96. The van der Waals surface area contributed by atoms with E-state index in [1.165, 1.54) is 12.3 Å². The van der Waals surface area contributed by atoms with Gasteiger partial charge in [0.05, 0.1) is 5.56 Å². The summed E-state index contributed by atoms with van der Waals surface area (Å²) < 4.78 is 20.0. The number of hydrogen-bond donors (Lipinski definition) is 4. The molecule has 0 spiro atoms. The van der Waals surface area contributed by atoms with Crippen LogP contribution < -0.4 is 21.9 Å². The van der Waals surface area contributed by atoms with E-state index < -0.39 is 5.56 Å². The van der Waals surface area contributed by atoms with E-state index in [2.05, 4.69) is 25.6 Å². The Bertz CT molecular complexity index is 1190. The van der Waals surface area contributed by atoms with Crippen LogP contribution in [0.3, 0.4) is 0 Å². The molecule has 5 N–H and O–H groups in total. The average Bonchev–Trinajstić information content (AvgIpc) is 3.14. The van der Waals surface area contributed by atoms with Gasteiger partial charge < -0.3 is 15.5 Å². The van der Waals surface area contributed by atoms with Crippen LogP contribution in [0.15, 0.2) is 57.9 Å². The predicted octanol–water partition coefficient (Wildman–Crippen LogP) is 2.90. The Balaban J connectivity index is 1.50. The van der Waals surface area contributed by atoms with Gasteiger partial charge in [-0.15, -0.1) is 0 Å². The minimum atomic E-state index is -0.406. The van der Waals surface area contributed by atoms with E-state index in [-0.39, 0.29) is 23.3 Å². The second kappa shape index (κ2) is 8.85. The standard InChI is InChI=1S/C21H21FN6O2/c22-16-10-13(6-7-14(16)11-24-9-3-8-23)15-12-25-20(27-19(15)29)28-21-26-17-4-1-2-5-18(17)30-21/h1-2,4-7,10,12,24H,3,8-9,11,23H2,(H2,25,26,27,28,29). The van der Waals surface area contributed by atoms with Gasteiger partial charge in [0.2, 0.25) is 5.95 Å². The summed E-state index contributed by atoms with van der Waals surface area (Å²) in [6.45, 7) is 1.70. The van der Waals surface area contributed by atoms with Crippen LogP contribution in [0.4, 0.5) is 16.4 Å². The number of oxazole rings is 1. The number of nitrogens with two attached hydrogens (primary N) is 1. The summed E-state index contributed by atoms with van der Waals surface area (Å²) in [7, 11) is 0. The first-order valence-electron chi connectivity index (χ1n) is 9.55. The first kappa shape index (κ1) is 19.7. The third-order valence-electron chi connectivity index (χ3n) is 4.56. The maximum atomic E-state index is 14.4. The summed E-state index contributed by atoms with van der Waals surface area (Å²) >= 11 is 0. The molecule has 0 radical (unpaired) electrons. The maximum absolute atomic E-state index is 14.4. The van der Waals surface area contributed by atoms with E-state index in [1.54, 1.807) is 18.2 Å². The van der Waals surface area contributed by atoms with Crippen LogP contribution in [0.25, 0.3) is 22.2 Å². The third-order valence-corrected chi connectivity index (χ3v) is 4.56. The SMILES string of the molecule is NCCCNCc1ccc(-c2cnc(Nc3nc4ccccc4o3)[nH]c2=O)cc1F. The van der Waals surface area contributed by atoms with Crippen molar-refractivity contribution in [2.24, 2.45) is 5.73 Å². The molecular formula is C21H21FN6O2. The van der Waals surface area contributed by atoms with Crippen LogP contribution in [0.2, 0.25) is 0 Å². The lowest BCUT2D eigenvalue weighted by molar-refractivity contribution is 0.583. The van der Waals surface area contributed by atoms with Gasteiger partial charge in [0.15, 0.2) is 5.58 Å². The molecule has 154 valence electrons. The Morgan fingerprint density at radius 3 is 2.83 bits per heavy atom. The lowest BCUT2D eigenvalue weighted by Gasteiger charge is -2.08. The van der Waals surface area contributed by atoms with Crippen molar-refractivity contribution in [1.29, 1.82) is 0 Å². The van der Waals surface area contributed by atoms with Crippen molar-refractivity contribution in [3.8, 4) is 11.1 Å². The number of fused-ring (bicyclic) bond motifs is 1. The summed E-state index contributed by atoms with van der Waals surface area (Å²) in [6, 6.07) is 12.2. The lowest BCUT2D eigenvalue weighted by Crippen LogP contribution is -2.18. The molecule has 9 heteroatoms. The molecule has 8 nitrogen and oxygen atoms in total. The quantitative estimate of drug-likeness (QED) is 0.331. The highest BCUT2D eigenvalue weighted by Gasteiger charge is 2.11. The molecule has 2 heterocycles. The number of aromatic nitrogens is 3. The van der Waals surface area contributed by atoms with Crippen LogP contribution in [-0.4, -0.2) is 28.0 Å². The van der Waals surface area contributed by atoms with Gasteiger partial charge in [0.1, 0.15) is 11.3 Å². The Labute approximate surface area is 171 Å². The summed E-state index contributed by atoms with van der Waals surface area (Å²) in [4.78, 5) is 23.6. The molecule has 2 aromatic heterocycles. The first-order valence-corrected chi connectivity index (χ1v) is 9.55. The van der Waals surface area contributed by atoms with Gasteiger partial charge in [-0.3, -0.25) is 15.1 Å². The molecule has 0 aliphatic heterocycles. The van der Waals surface area contributed by atoms with Crippen LogP contribution in [0.5, 0.6) is 0 Å². The van der Waals surface area contributed by atoms with Crippen molar-refractivity contribution in [3.63, 3.8) is 0 Å². The summed E-state index contributed by atoms with van der Waals surface area (Å²) in [5.74, 6) is -0.211. The second-order valence-electron chi connectivity index (χ2n) is 6.71. The highest BCUT2D eigenvalue weighted by atomic mass is 19.1. The Morgan fingerprint density at radius 2 is 2.07 bits per heavy atom. The van der Waals surface area contributed by atoms with E-state index in [9.17, 15) is 9.18 Å². The zero-order valence-electron chi connectivity index (χ0n) is 16.1. The van der Waals surface area contributed by atoms with Gasteiger partial charge in [0.25, 0.3) is 5.56 Å². The minimum Gasteiger partial charge on any atom is -0.423 e. The van der Waals surface area contributed by atoms with E-state index in [0.717, 1.165) is 13.0 Å². The molecule has 30 heavy (non-hydrogen) atoms. The maximum Gasteiger partial charge on any atom is 0.302 e. The number of aromatic amines is 1. The molecule has 0 aliphatic carbocycles. The highest BCUT2D eigenvalue weighted by molar-refractivity contribution is 5.74. The Morgan fingerprint density at radius 1 is 1.20 bits per heavy atom. The number of nitrogens with zero attached hydrogens (tertiary/aromatic N) is 2. The van der Waals surface area contributed by atoms with Crippen molar-refractivity contribution < 1.29 is 8.81 Å². The predicted molar refractivity (Wildman–Crippen MR) is 113 cm³/mol. The molecule has 0 amide bonds. The van der Waals surface area contributed by atoms with Crippen LogP contribution in [0, 0.1) is 5.82 Å². The van der Waals surface area contributed by atoms with Crippen LogP contribution >= 0.6 is 0 Å². The molecular weight excluding hydrogens is 387 g/mol. The Kier molecular flexibility index (Phi) is 5.82. The van der Waals surface area contributed by atoms with Crippen molar-refractivity contribution in [2.45, 2.75) is 13.0 Å². The molecule has 0 saturated heterocycles. The van der Waals surface area contributed by atoms with Crippen molar-refractivity contribution in [1.82, 2.24) is 20.3 Å². The Hall–Kier alpha value is -3.56. The number of hydrogen-bond acceptors (Lipinski definition) is 7. The molecule has 2 aromatic carbocycles. The fourth-order valence-corrected chi connectivity index (χ4v) is 3.00. The molecule has 0 bridgehead atoms. The monoisotopic (exact) mass is 408 g/mol. The zero-order valence-corrected chi connectivity index (χ0v) is 16.1. The molecule has 4 aromatic rings. The van der Waals surface area contributed by atoms with Crippen LogP contribution in [-0.2, 0) is 6.54 Å². The fraction of sp³-hybridized carbons (Fsp3) is 0.190. The molecule has 0 atom stereocenters. The topological polar surface area (TPSA) is 122 Å². The van der Waals surface area contributed by atoms with E-state index in [1.807, 2.05) is 18.2 Å². The van der Waals surface area contributed by atoms with E-state index in [4.69, 9.17) is 10.2 Å². The summed E-state index contributed by atoms with van der Waals surface area (Å²) in [6.07, 6.45) is 2.21. The number of H-pyrrole nitrogens is 1. The third kappa shape index (κ3) is 4.37. The number of halogens is 1. The average molecular weight is 408 g/mol. The molecule has 4 rings (SSSR count). The van der Waals surface area contributed by atoms with Gasteiger partial charge in [-0.2, -0.15) is 4.98 Å². The number of benzene rings is 2. The molecule has 0 unspecified atom stereocenters. The van der Waals surface area contributed by atoms with Crippen LogP contribution in [0.1, 0.15) is 12.0 Å². The number of nitrogens with one attached hydrogen (secondary N) is 3. The van der Waals surface area contributed by atoms with Crippen molar-refractivity contribution >= 4 is 23.1 Å². The highest BCUT2D eigenvalue weighted by Crippen LogP contribution is 2.21.